The van der Waals surface area contributed by atoms with Gasteiger partial charge in [-0.05, 0) is 43.9 Å². The van der Waals surface area contributed by atoms with Crippen LogP contribution in [0.4, 0.5) is 5.69 Å². The highest BCUT2D eigenvalue weighted by atomic mass is 16.5. The van der Waals surface area contributed by atoms with E-state index in [1.165, 1.54) is 0 Å². The molecule has 22 heavy (non-hydrogen) atoms. The van der Waals surface area contributed by atoms with Gasteiger partial charge in [-0.3, -0.25) is 4.79 Å². The molecule has 3 aromatic rings. The molecule has 0 fully saturated rings. The summed E-state index contributed by atoms with van der Waals surface area (Å²) in [5.74, 6) is 0.883. The number of aromatic nitrogens is 1. The van der Waals surface area contributed by atoms with E-state index in [1.807, 2.05) is 43.9 Å². The summed E-state index contributed by atoms with van der Waals surface area (Å²) in [6, 6.07) is 10.0. The first kappa shape index (κ1) is 13.1. The molecule has 1 aliphatic rings. The van der Waals surface area contributed by atoms with Gasteiger partial charge in [0.05, 0.1) is 11.4 Å². The highest BCUT2D eigenvalue weighted by Gasteiger charge is 2.30. The van der Waals surface area contributed by atoms with E-state index < -0.39 is 0 Å². The molecule has 0 aliphatic carbocycles. The first-order valence-electron chi connectivity index (χ1n) is 7.44. The second-order valence-electron chi connectivity index (χ2n) is 5.61. The minimum Gasteiger partial charge on any atom is -0.361 e. The van der Waals surface area contributed by atoms with Crippen LogP contribution in [0.2, 0.25) is 0 Å². The average molecular weight is 292 g/mol. The van der Waals surface area contributed by atoms with Crippen LogP contribution in [0, 0.1) is 13.8 Å². The summed E-state index contributed by atoms with van der Waals surface area (Å²) in [7, 11) is 0. The van der Waals surface area contributed by atoms with Crippen molar-refractivity contribution in [3.05, 3.63) is 47.3 Å². The van der Waals surface area contributed by atoms with Gasteiger partial charge in [-0.2, -0.15) is 0 Å². The largest absolute Gasteiger partial charge is 0.361 e. The lowest BCUT2D eigenvalue weighted by Crippen LogP contribution is -2.25. The van der Waals surface area contributed by atoms with Crippen molar-refractivity contribution in [1.29, 1.82) is 0 Å². The number of carbonyl (C=O) groups excluding carboxylic acids is 1. The van der Waals surface area contributed by atoms with Crippen LogP contribution >= 0.6 is 0 Å². The van der Waals surface area contributed by atoms with Crippen molar-refractivity contribution >= 4 is 22.4 Å². The Hall–Kier alpha value is -2.62. The van der Waals surface area contributed by atoms with Gasteiger partial charge < -0.3 is 9.42 Å². The molecule has 1 aromatic heterocycles. The minimum absolute atomic E-state index is 0.0824. The Balaban J connectivity index is 2.10. The second-order valence-corrected chi connectivity index (χ2v) is 5.61. The van der Waals surface area contributed by atoms with Gasteiger partial charge in [-0.25, -0.2) is 0 Å². The van der Waals surface area contributed by atoms with Crippen LogP contribution in [0.5, 0.6) is 0 Å². The van der Waals surface area contributed by atoms with E-state index >= 15 is 0 Å². The molecule has 110 valence electrons. The number of rotatable bonds is 2. The van der Waals surface area contributed by atoms with E-state index in [4.69, 9.17) is 4.52 Å². The molecule has 0 saturated carbocycles. The van der Waals surface area contributed by atoms with Crippen molar-refractivity contribution in [3.63, 3.8) is 0 Å². The summed E-state index contributed by atoms with van der Waals surface area (Å²) >= 11 is 0. The molecule has 4 nitrogen and oxygen atoms in total. The summed E-state index contributed by atoms with van der Waals surface area (Å²) in [4.78, 5) is 14.4. The topological polar surface area (TPSA) is 46.3 Å². The summed E-state index contributed by atoms with van der Waals surface area (Å²) in [5, 5.41) is 6.17. The van der Waals surface area contributed by atoms with Crippen molar-refractivity contribution in [1.82, 2.24) is 5.16 Å². The predicted octanol–water partition coefficient (Wildman–Crippen LogP) is 4.09. The highest BCUT2D eigenvalue weighted by Crippen LogP contribution is 2.42. The van der Waals surface area contributed by atoms with Crippen LogP contribution in [0.1, 0.15) is 28.7 Å². The molecule has 0 unspecified atom stereocenters. The molecule has 4 rings (SSSR count). The molecule has 0 N–H and O–H groups in total. The van der Waals surface area contributed by atoms with Crippen LogP contribution in [-0.2, 0) is 0 Å². The number of anilines is 1. The van der Waals surface area contributed by atoms with Crippen molar-refractivity contribution in [2.75, 3.05) is 11.4 Å². The van der Waals surface area contributed by atoms with Crippen molar-refractivity contribution in [3.8, 4) is 11.1 Å². The Bertz CT molecular complexity index is 905. The molecule has 0 saturated heterocycles. The molecule has 4 heteroatoms. The molecule has 0 spiro atoms. The second kappa shape index (κ2) is 4.44. The third-order valence-corrected chi connectivity index (χ3v) is 4.40. The number of benzene rings is 2. The fourth-order valence-corrected chi connectivity index (χ4v) is 3.45. The third-order valence-electron chi connectivity index (χ3n) is 4.40. The smallest absolute Gasteiger partial charge is 0.258 e. The Labute approximate surface area is 128 Å². The van der Waals surface area contributed by atoms with E-state index in [-0.39, 0.29) is 5.91 Å². The minimum atomic E-state index is 0.0824. The van der Waals surface area contributed by atoms with Crippen molar-refractivity contribution in [2.45, 2.75) is 20.8 Å². The zero-order valence-electron chi connectivity index (χ0n) is 12.8. The van der Waals surface area contributed by atoms with Crippen LogP contribution in [0.25, 0.3) is 21.9 Å². The number of hydrogen-bond acceptors (Lipinski definition) is 3. The number of nitrogens with zero attached hydrogens (tertiary/aromatic N) is 2. The SMILES string of the molecule is CCN1C(=O)c2cccc3c(-c4c(C)noc4C)ccc1c23. The van der Waals surface area contributed by atoms with Crippen LogP contribution in [0.3, 0.4) is 0 Å². The van der Waals surface area contributed by atoms with Crippen molar-refractivity contribution in [2.24, 2.45) is 0 Å². The van der Waals surface area contributed by atoms with E-state index in [0.29, 0.717) is 6.54 Å². The zero-order valence-corrected chi connectivity index (χ0v) is 12.8. The molecule has 2 aromatic carbocycles. The van der Waals surface area contributed by atoms with E-state index in [2.05, 4.69) is 17.3 Å². The van der Waals surface area contributed by atoms with E-state index in [9.17, 15) is 4.79 Å². The van der Waals surface area contributed by atoms with Gasteiger partial charge in [-0.1, -0.05) is 23.4 Å². The zero-order chi connectivity index (χ0) is 15.4. The molecule has 1 amide bonds. The monoisotopic (exact) mass is 292 g/mol. The summed E-state index contributed by atoms with van der Waals surface area (Å²) in [6.07, 6.45) is 0. The Morgan fingerprint density at radius 1 is 1.14 bits per heavy atom. The fourth-order valence-electron chi connectivity index (χ4n) is 3.45. The maximum absolute atomic E-state index is 12.5. The molecule has 2 heterocycles. The van der Waals surface area contributed by atoms with Crippen LogP contribution < -0.4 is 4.90 Å². The first-order chi connectivity index (χ1) is 10.6. The molecular weight excluding hydrogens is 276 g/mol. The van der Waals surface area contributed by atoms with Crippen molar-refractivity contribution < 1.29 is 9.32 Å². The number of carbonyl (C=O) groups is 1. The van der Waals surface area contributed by atoms with Gasteiger partial charge in [0.1, 0.15) is 5.76 Å². The lowest BCUT2D eigenvalue weighted by Gasteiger charge is -2.15. The number of amides is 1. The molecule has 1 aliphatic heterocycles. The van der Waals surface area contributed by atoms with Gasteiger partial charge in [-0.15, -0.1) is 0 Å². The standard InChI is InChI=1S/C18H16N2O2/c1-4-20-15-9-8-13(16-10(2)19-22-11(16)3)12-6-5-7-14(17(12)15)18(20)21/h5-9H,4H2,1-3H3. The normalized spacial score (nSPS) is 13.4. The van der Waals surface area contributed by atoms with Gasteiger partial charge in [0.2, 0.25) is 0 Å². The molecule has 0 radical (unpaired) electrons. The Morgan fingerprint density at radius 3 is 2.64 bits per heavy atom. The Morgan fingerprint density at radius 2 is 1.95 bits per heavy atom. The first-order valence-corrected chi connectivity index (χ1v) is 7.44. The van der Waals surface area contributed by atoms with E-state index in [1.54, 1.807) is 0 Å². The maximum atomic E-state index is 12.5. The predicted molar refractivity (Wildman–Crippen MR) is 86.3 cm³/mol. The quantitative estimate of drug-likeness (QED) is 0.714. The highest BCUT2D eigenvalue weighted by molar-refractivity contribution is 6.26. The van der Waals surface area contributed by atoms with Gasteiger partial charge >= 0.3 is 0 Å². The number of hydrogen-bond donors (Lipinski definition) is 0. The van der Waals surface area contributed by atoms with Crippen LogP contribution in [0.15, 0.2) is 34.9 Å². The average Bonchev–Trinajstić information content (AvgIpc) is 3.00. The summed E-state index contributed by atoms with van der Waals surface area (Å²) in [6.45, 7) is 6.53. The molecule has 0 bridgehead atoms. The van der Waals surface area contributed by atoms with Gasteiger partial charge in [0, 0.05) is 23.1 Å². The lowest BCUT2D eigenvalue weighted by molar-refractivity contribution is 0.0994. The lowest BCUT2D eigenvalue weighted by atomic mass is 9.95. The summed E-state index contributed by atoms with van der Waals surface area (Å²) < 4.78 is 5.31. The van der Waals surface area contributed by atoms with Gasteiger partial charge in [0.15, 0.2) is 0 Å². The van der Waals surface area contributed by atoms with Gasteiger partial charge in [0.25, 0.3) is 5.91 Å². The number of aryl methyl sites for hydroxylation is 2. The van der Waals surface area contributed by atoms with E-state index in [0.717, 1.165) is 44.6 Å². The Kier molecular flexibility index (Phi) is 2.64. The fraction of sp³-hybridized carbons (Fsp3) is 0.222. The molecule has 0 atom stereocenters. The third kappa shape index (κ3) is 1.52. The van der Waals surface area contributed by atoms with Crippen LogP contribution in [-0.4, -0.2) is 17.6 Å². The molecular formula is C18H16N2O2. The summed E-state index contributed by atoms with van der Waals surface area (Å²) in [5.41, 5.74) is 4.74. The maximum Gasteiger partial charge on any atom is 0.258 e.